The smallest absolute Gasteiger partial charge is 0.328 e. The Morgan fingerprint density at radius 2 is 2.19 bits per heavy atom. The highest BCUT2D eigenvalue weighted by Crippen LogP contribution is 2.26. The Morgan fingerprint density at radius 3 is 2.95 bits per heavy atom. The largest absolute Gasteiger partial charge is 0.478 e. The van der Waals surface area contributed by atoms with E-state index in [0.29, 0.717) is 23.0 Å². The number of imidazole rings is 1. The summed E-state index contributed by atoms with van der Waals surface area (Å²) in [5.74, 6) is -0.175. The highest BCUT2D eigenvalue weighted by Gasteiger charge is 2.12. The van der Waals surface area contributed by atoms with Gasteiger partial charge in [-0.1, -0.05) is 6.07 Å². The van der Waals surface area contributed by atoms with E-state index in [4.69, 9.17) is 9.84 Å². The summed E-state index contributed by atoms with van der Waals surface area (Å²) in [6, 6.07) is 9.00. The molecule has 104 valence electrons. The first-order valence-corrected chi connectivity index (χ1v) is 6.20. The maximum absolute atomic E-state index is 10.7. The lowest BCUT2D eigenvalue weighted by Crippen LogP contribution is -1.92. The topological polar surface area (TPSA) is 76.7 Å². The van der Waals surface area contributed by atoms with Crippen LogP contribution in [0.1, 0.15) is 5.69 Å². The van der Waals surface area contributed by atoms with Gasteiger partial charge in [0.05, 0.1) is 6.20 Å². The summed E-state index contributed by atoms with van der Waals surface area (Å²) in [6.07, 6.45) is 7.50. The molecular formula is C15H11N3O3. The summed E-state index contributed by atoms with van der Waals surface area (Å²) in [4.78, 5) is 19.1. The minimum Gasteiger partial charge on any atom is -0.478 e. The molecule has 0 aliphatic carbocycles. The second kappa shape index (κ2) is 5.46. The third-order valence-electron chi connectivity index (χ3n) is 2.77. The number of hydrogen-bond acceptors (Lipinski definition) is 4. The van der Waals surface area contributed by atoms with E-state index in [0.717, 1.165) is 6.08 Å². The molecule has 0 bridgehead atoms. The molecule has 0 aliphatic heterocycles. The standard InChI is InChI=1S/C15H11N3O3/c19-14(20)7-6-12-15(21-11-4-3-8-16-10-11)17-13-5-1-2-9-18(12)13/h1-10H,(H,19,20)/b7-6+. The Labute approximate surface area is 120 Å². The van der Waals surface area contributed by atoms with Crippen LogP contribution in [0.5, 0.6) is 11.6 Å². The molecule has 0 saturated carbocycles. The van der Waals surface area contributed by atoms with E-state index in [1.165, 1.54) is 6.08 Å². The summed E-state index contributed by atoms with van der Waals surface area (Å²) in [5.41, 5.74) is 1.22. The van der Waals surface area contributed by atoms with E-state index >= 15 is 0 Å². The van der Waals surface area contributed by atoms with Gasteiger partial charge in [-0.05, 0) is 30.3 Å². The molecule has 3 heterocycles. The molecule has 3 rings (SSSR count). The average molecular weight is 281 g/mol. The zero-order chi connectivity index (χ0) is 14.7. The normalized spacial score (nSPS) is 11.0. The van der Waals surface area contributed by atoms with Crippen LogP contribution in [0.4, 0.5) is 0 Å². The van der Waals surface area contributed by atoms with E-state index in [9.17, 15) is 4.79 Å². The van der Waals surface area contributed by atoms with Gasteiger partial charge in [0.25, 0.3) is 0 Å². The monoisotopic (exact) mass is 281 g/mol. The van der Waals surface area contributed by atoms with E-state index in [2.05, 4.69) is 9.97 Å². The van der Waals surface area contributed by atoms with Crippen molar-refractivity contribution >= 4 is 17.7 Å². The number of aliphatic carboxylic acids is 1. The number of nitrogens with zero attached hydrogens (tertiary/aromatic N) is 3. The molecule has 0 aromatic carbocycles. The van der Waals surface area contributed by atoms with E-state index in [1.807, 2.05) is 18.2 Å². The Bertz CT molecular complexity index is 809. The maximum Gasteiger partial charge on any atom is 0.328 e. The molecule has 0 atom stereocenters. The number of carboxylic acids is 1. The van der Waals surface area contributed by atoms with Crippen LogP contribution in [0.2, 0.25) is 0 Å². The van der Waals surface area contributed by atoms with Gasteiger partial charge in [0, 0.05) is 18.5 Å². The van der Waals surface area contributed by atoms with Crippen molar-refractivity contribution in [2.75, 3.05) is 0 Å². The molecule has 0 spiro atoms. The summed E-state index contributed by atoms with van der Waals surface area (Å²) in [5, 5.41) is 8.80. The molecule has 1 N–H and O–H groups in total. The van der Waals surface area contributed by atoms with Crippen LogP contribution in [0.15, 0.2) is 55.0 Å². The van der Waals surface area contributed by atoms with E-state index in [-0.39, 0.29) is 0 Å². The summed E-state index contributed by atoms with van der Waals surface area (Å²) in [6.45, 7) is 0. The van der Waals surface area contributed by atoms with Gasteiger partial charge >= 0.3 is 5.97 Å². The van der Waals surface area contributed by atoms with Gasteiger partial charge in [-0.3, -0.25) is 9.38 Å². The lowest BCUT2D eigenvalue weighted by Gasteiger charge is -2.02. The lowest BCUT2D eigenvalue weighted by atomic mass is 10.3. The van der Waals surface area contributed by atoms with Crippen molar-refractivity contribution in [3.8, 4) is 11.6 Å². The number of fused-ring (bicyclic) bond motifs is 1. The minimum atomic E-state index is -1.03. The summed E-state index contributed by atoms with van der Waals surface area (Å²) in [7, 11) is 0. The maximum atomic E-state index is 10.7. The highest BCUT2D eigenvalue weighted by molar-refractivity contribution is 5.85. The molecular weight excluding hydrogens is 270 g/mol. The molecule has 0 radical (unpaired) electrons. The Morgan fingerprint density at radius 1 is 1.29 bits per heavy atom. The first-order valence-electron chi connectivity index (χ1n) is 6.20. The van der Waals surface area contributed by atoms with Crippen LogP contribution in [-0.2, 0) is 4.79 Å². The fraction of sp³-hybridized carbons (Fsp3) is 0. The number of carboxylic acid groups (broad SMARTS) is 1. The van der Waals surface area contributed by atoms with Gasteiger partial charge in [-0.25, -0.2) is 4.79 Å². The quantitative estimate of drug-likeness (QED) is 0.744. The zero-order valence-electron chi connectivity index (χ0n) is 10.9. The number of ether oxygens (including phenoxy) is 1. The molecule has 0 unspecified atom stereocenters. The van der Waals surface area contributed by atoms with Crippen LogP contribution >= 0.6 is 0 Å². The minimum absolute atomic E-state index is 0.326. The fourth-order valence-corrected chi connectivity index (χ4v) is 1.89. The first-order chi connectivity index (χ1) is 10.2. The van der Waals surface area contributed by atoms with Gasteiger partial charge in [0.15, 0.2) is 0 Å². The molecule has 6 nitrogen and oxygen atoms in total. The molecule has 0 amide bonds. The van der Waals surface area contributed by atoms with Crippen molar-refractivity contribution < 1.29 is 14.6 Å². The fourth-order valence-electron chi connectivity index (χ4n) is 1.89. The number of rotatable bonds is 4. The summed E-state index contributed by atoms with van der Waals surface area (Å²) >= 11 is 0. The molecule has 3 aromatic heterocycles. The second-order valence-electron chi connectivity index (χ2n) is 4.19. The zero-order valence-corrected chi connectivity index (χ0v) is 10.9. The van der Waals surface area contributed by atoms with Crippen LogP contribution in [0, 0.1) is 0 Å². The molecule has 21 heavy (non-hydrogen) atoms. The molecule has 3 aromatic rings. The molecule has 0 fully saturated rings. The lowest BCUT2D eigenvalue weighted by molar-refractivity contribution is -0.131. The third kappa shape index (κ3) is 2.74. The Hall–Kier alpha value is -3.15. The highest BCUT2D eigenvalue weighted by atomic mass is 16.5. The van der Waals surface area contributed by atoms with Gasteiger partial charge < -0.3 is 9.84 Å². The number of aromatic nitrogens is 3. The van der Waals surface area contributed by atoms with Crippen LogP contribution in [-0.4, -0.2) is 25.4 Å². The van der Waals surface area contributed by atoms with Crippen molar-refractivity contribution in [3.05, 3.63) is 60.7 Å². The van der Waals surface area contributed by atoms with Gasteiger partial charge in [0.2, 0.25) is 5.88 Å². The van der Waals surface area contributed by atoms with Crippen molar-refractivity contribution in [2.24, 2.45) is 0 Å². The summed E-state index contributed by atoms with van der Waals surface area (Å²) < 4.78 is 7.44. The average Bonchev–Trinajstić information content (AvgIpc) is 2.83. The molecule has 0 aliphatic rings. The van der Waals surface area contributed by atoms with Gasteiger partial charge in [-0.15, -0.1) is 0 Å². The third-order valence-corrected chi connectivity index (χ3v) is 2.77. The number of pyridine rings is 2. The molecule has 0 saturated heterocycles. The predicted molar refractivity (Wildman–Crippen MR) is 76.2 cm³/mol. The second-order valence-corrected chi connectivity index (χ2v) is 4.19. The van der Waals surface area contributed by atoms with Crippen LogP contribution < -0.4 is 4.74 Å². The number of hydrogen-bond donors (Lipinski definition) is 1. The van der Waals surface area contributed by atoms with Crippen LogP contribution in [0.25, 0.3) is 11.7 Å². The van der Waals surface area contributed by atoms with E-state index < -0.39 is 5.97 Å². The van der Waals surface area contributed by atoms with Crippen molar-refractivity contribution in [1.29, 1.82) is 0 Å². The van der Waals surface area contributed by atoms with Gasteiger partial charge in [0.1, 0.15) is 17.1 Å². The van der Waals surface area contributed by atoms with E-state index in [1.54, 1.807) is 35.1 Å². The van der Waals surface area contributed by atoms with Crippen molar-refractivity contribution in [3.63, 3.8) is 0 Å². The first kappa shape index (κ1) is 12.9. The van der Waals surface area contributed by atoms with Crippen LogP contribution in [0.3, 0.4) is 0 Å². The predicted octanol–water partition coefficient (Wildman–Crippen LogP) is 2.62. The van der Waals surface area contributed by atoms with Crippen molar-refractivity contribution in [1.82, 2.24) is 14.4 Å². The molecule has 6 heteroatoms. The number of carbonyl (C=O) groups is 1. The Balaban J connectivity index is 2.08. The Kier molecular flexibility index (Phi) is 3.34. The SMILES string of the molecule is O=C(O)/C=C/c1c(Oc2cccnc2)nc2ccccn12. The van der Waals surface area contributed by atoms with Gasteiger partial charge in [-0.2, -0.15) is 4.98 Å². The van der Waals surface area contributed by atoms with Crippen molar-refractivity contribution in [2.45, 2.75) is 0 Å².